The zero-order valence-electron chi connectivity index (χ0n) is 15.4. The van der Waals surface area contributed by atoms with Gasteiger partial charge in [-0.15, -0.1) is 0 Å². The number of rotatable bonds is 7. The first-order valence-corrected chi connectivity index (χ1v) is 8.68. The Hall–Kier alpha value is -2.95. The summed E-state index contributed by atoms with van der Waals surface area (Å²) in [6.07, 6.45) is 2.44. The van der Waals surface area contributed by atoms with Crippen molar-refractivity contribution in [1.29, 1.82) is 0 Å². The molecule has 1 amide bonds. The van der Waals surface area contributed by atoms with E-state index in [0.717, 1.165) is 34.9 Å². The third kappa shape index (κ3) is 3.99. The van der Waals surface area contributed by atoms with Gasteiger partial charge < -0.3 is 19.0 Å². The molecule has 1 aromatic carbocycles. The summed E-state index contributed by atoms with van der Waals surface area (Å²) in [6.45, 7) is 5.19. The number of methoxy groups -OCH3 is 1. The molecule has 0 saturated heterocycles. The van der Waals surface area contributed by atoms with Crippen molar-refractivity contribution in [3.63, 3.8) is 0 Å². The lowest BCUT2D eigenvalue weighted by molar-refractivity contribution is 0.0953. The zero-order chi connectivity index (χ0) is 18.5. The zero-order valence-corrected chi connectivity index (χ0v) is 15.4. The summed E-state index contributed by atoms with van der Waals surface area (Å²) in [5.41, 5.74) is 3.86. The molecule has 3 rings (SSSR count). The fourth-order valence-corrected chi connectivity index (χ4v) is 3.04. The molecule has 0 aliphatic heterocycles. The summed E-state index contributed by atoms with van der Waals surface area (Å²) in [7, 11) is 1.65. The van der Waals surface area contributed by atoms with Gasteiger partial charge in [0.15, 0.2) is 0 Å². The van der Waals surface area contributed by atoms with Crippen LogP contribution in [0.2, 0.25) is 0 Å². The van der Waals surface area contributed by atoms with E-state index in [2.05, 4.69) is 9.88 Å². The topological polar surface area (TPSA) is 56.4 Å². The minimum absolute atomic E-state index is 0.0442. The summed E-state index contributed by atoms with van der Waals surface area (Å²) in [6, 6.07) is 13.6. The monoisotopic (exact) mass is 352 g/mol. The van der Waals surface area contributed by atoms with Gasteiger partial charge in [0.1, 0.15) is 11.5 Å². The van der Waals surface area contributed by atoms with Crippen LogP contribution in [0.15, 0.2) is 53.1 Å². The highest BCUT2D eigenvalue weighted by atomic mass is 16.5. The van der Waals surface area contributed by atoms with Crippen LogP contribution >= 0.6 is 0 Å². The summed E-state index contributed by atoms with van der Waals surface area (Å²) < 4.78 is 12.7. The van der Waals surface area contributed by atoms with Crippen molar-refractivity contribution in [2.45, 2.75) is 26.8 Å². The van der Waals surface area contributed by atoms with Crippen LogP contribution in [0.4, 0.5) is 0 Å². The summed E-state index contributed by atoms with van der Waals surface area (Å²) in [5.74, 6) is 1.66. The number of carbonyl (C=O) groups excluding carboxylic acids is 1. The van der Waals surface area contributed by atoms with E-state index >= 15 is 0 Å². The third-order valence-corrected chi connectivity index (χ3v) is 4.57. The molecule has 136 valence electrons. The van der Waals surface area contributed by atoms with Crippen LogP contribution in [0.1, 0.15) is 33.1 Å². The molecule has 0 spiro atoms. The van der Waals surface area contributed by atoms with E-state index in [1.165, 1.54) is 0 Å². The highest BCUT2D eigenvalue weighted by Crippen LogP contribution is 2.17. The standard InChI is InChI=1S/C21H24N2O3/c1-15-13-20(16(2)23(15)14-19-5-4-12-26-19)21(24)22-11-10-17-6-8-18(25-3)9-7-17/h4-9,12-13H,10-11,14H2,1-3H3,(H,22,24). The van der Waals surface area contributed by atoms with E-state index in [1.54, 1.807) is 13.4 Å². The highest BCUT2D eigenvalue weighted by Gasteiger charge is 2.16. The highest BCUT2D eigenvalue weighted by molar-refractivity contribution is 5.95. The van der Waals surface area contributed by atoms with E-state index in [9.17, 15) is 4.79 Å². The molecule has 0 saturated carbocycles. The molecule has 1 N–H and O–H groups in total. The fourth-order valence-electron chi connectivity index (χ4n) is 3.04. The Balaban J connectivity index is 1.60. The molecule has 5 nitrogen and oxygen atoms in total. The molecular weight excluding hydrogens is 328 g/mol. The Kier molecular flexibility index (Phi) is 5.46. The number of aromatic nitrogens is 1. The Morgan fingerprint density at radius 2 is 1.96 bits per heavy atom. The maximum atomic E-state index is 12.6. The van der Waals surface area contributed by atoms with Crippen LogP contribution in [0.5, 0.6) is 5.75 Å². The van der Waals surface area contributed by atoms with E-state index in [0.29, 0.717) is 18.7 Å². The van der Waals surface area contributed by atoms with E-state index in [-0.39, 0.29) is 5.91 Å². The van der Waals surface area contributed by atoms with Gasteiger partial charge in [-0.3, -0.25) is 4.79 Å². The molecule has 0 aliphatic rings. The summed E-state index contributed by atoms with van der Waals surface area (Å²) >= 11 is 0. The maximum Gasteiger partial charge on any atom is 0.253 e. The summed E-state index contributed by atoms with van der Waals surface area (Å²) in [5, 5.41) is 3.01. The first-order chi connectivity index (χ1) is 12.6. The maximum absolute atomic E-state index is 12.6. The molecule has 0 bridgehead atoms. The van der Waals surface area contributed by atoms with Crippen molar-refractivity contribution in [2.24, 2.45) is 0 Å². The number of hydrogen-bond donors (Lipinski definition) is 1. The van der Waals surface area contributed by atoms with Gasteiger partial charge in [-0.25, -0.2) is 0 Å². The molecule has 0 radical (unpaired) electrons. The number of amides is 1. The largest absolute Gasteiger partial charge is 0.497 e. The lowest BCUT2D eigenvalue weighted by Crippen LogP contribution is -2.26. The second kappa shape index (κ2) is 7.95. The number of furan rings is 1. The molecule has 0 fully saturated rings. The Labute approximate surface area is 153 Å². The van der Waals surface area contributed by atoms with Crippen molar-refractivity contribution in [2.75, 3.05) is 13.7 Å². The molecule has 26 heavy (non-hydrogen) atoms. The number of ether oxygens (including phenoxy) is 1. The second-order valence-corrected chi connectivity index (χ2v) is 6.30. The van der Waals surface area contributed by atoms with Crippen molar-refractivity contribution in [3.05, 3.63) is 77.0 Å². The number of carbonyl (C=O) groups is 1. The molecule has 2 heterocycles. The number of nitrogens with zero attached hydrogens (tertiary/aromatic N) is 1. The minimum atomic E-state index is -0.0442. The molecule has 2 aromatic heterocycles. The molecule has 0 aliphatic carbocycles. The normalized spacial score (nSPS) is 10.7. The fraction of sp³-hybridized carbons (Fsp3) is 0.286. The molecule has 3 aromatic rings. The first-order valence-electron chi connectivity index (χ1n) is 8.68. The van der Waals surface area contributed by atoms with Gasteiger partial charge in [0.05, 0.1) is 25.5 Å². The summed E-state index contributed by atoms with van der Waals surface area (Å²) in [4.78, 5) is 12.6. The first kappa shape index (κ1) is 17.9. The van der Waals surface area contributed by atoms with Crippen LogP contribution in [0.25, 0.3) is 0 Å². The van der Waals surface area contributed by atoms with Crippen molar-refractivity contribution < 1.29 is 13.9 Å². The third-order valence-electron chi connectivity index (χ3n) is 4.57. The predicted octanol–water partition coefficient (Wildman–Crippen LogP) is 3.73. The molecule has 0 atom stereocenters. The molecular formula is C21H24N2O3. The van der Waals surface area contributed by atoms with Crippen molar-refractivity contribution >= 4 is 5.91 Å². The smallest absolute Gasteiger partial charge is 0.253 e. The van der Waals surface area contributed by atoms with E-state index in [1.807, 2.05) is 56.3 Å². The average Bonchev–Trinajstić information content (AvgIpc) is 3.26. The van der Waals surface area contributed by atoms with Crippen LogP contribution in [0, 0.1) is 13.8 Å². The Morgan fingerprint density at radius 1 is 1.19 bits per heavy atom. The van der Waals surface area contributed by atoms with Gasteiger partial charge in [0, 0.05) is 17.9 Å². The van der Waals surface area contributed by atoms with Gasteiger partial charge >= 0.3 is 0 Å². The Bertz CT molecular complexity index is 862. The average molecular weight is 352 g/mol. The predicted molar refractivity (Wildman–Crippen MR) is 101 cm³/mol. The van der Waals surface area contributed by atoms with Crippen LogP contribution in [-0.4, -0.2) is 24.1 Å². The molecule has 0 unspecified atom stereocenters. The lowest BCUT2D eigenvalue weighted by atomic mass is 10.1. The second-order valence-electron chi connectivity index (χ2n) is 6.30. The number of nitrogens with one attached hydrogen (secondary N) is 1. The number of aryl methyl sites for hydroxylation is 1. The van der Waals surface area contributed by atoms with Crippen molar-refractivity contribution in [1.82, 2.24) is 9.88 Å². The molecule has 5 heteroatoms. The van der Waals surface area contributed by atoms with Gasteiger partial charge in [0.2, 0.25) is 0 Å². The number of hydrogen-bond acceptors (Lipinski definition) is 3. The van der Waals surface area contributed by atoms with Gasteiger partial charge in [-0.1, -0.05) is 12.1 Å². The van der Waals surface area contributed by atoms with Gasteiger partial charge in [0.25, 0.3) is 5.91 Å². The SMILES string of the molecule is COc1ccc(CCNC(=O)c2cc(C)n(Cc3ccco3)c2C)cc1. The van der Waals surface area contributed by atoms with Gasteiger partial charge in [-0.05, 0) is 56.2 Å². The van der Waals surface area contributed by atoms with Crippen LogP contribution in [0.3, 0.4) is 0 Å². The van der Waals surface area contributed by atoms with E-state index < -0.39 is 0 Å². The van der Waals surface area contributed by atoms with Gasteiger partial charge in [-0.2, -0.15) is 0 Å². The quantitative estimate of drug-likeness (QED) is 0.705. The Morgan fingerprint density at radius 3 is 2.62 bits per heavy atom. The number of benzene rings is 1. The van der Waals surface area contributed by atoms with Crippen LogP contribution < -0.4 is 10.1 Å². The van der Waals surface area contributed by atoms with E-state index in [4.69, 9.17) is 9.15 Å². The van der Waals surface area contributed by atoms with Crippen LogP contribution in [-0.2, 0) is 13.0 Å². The van der Waals surface area contributed by atoms with Crippen molar-refractivity contribution in [3.8, 4) is 5.75 Å². The minimum Gasteiger partial charge on any atom is -0.497 e. The lowest BCUT2D eigenvalue weighted by Gasteiger charge is -2.09.